The number of nitrogens with zero attached hydrogens (tertiary/aromatic N) is 3. The topological polar surface area (TPSA) is 89.9 Å². The highest BCUT2D eigenvalue weighted by molar-refractivity contribution is 8.00. The summed E-state index contributed by atoms with van der Waals surface area (Å²) in [5.41, 5.74) is 3.32. The maximum Gasteiger partial charge on any atom is 0.319 e. The van der Waals surface area contributed by atoms with Gasteiger partial charge in [0.15, 0.2) is 10.8 Å². The number of aryl methyl sites for hydroxylation is 2. The first-order valence-electron chi connectivity index (χ1n) is 8.83. The summed E-state index contributed by atoms with van der Waals surface area (Å²) in [4.78, 5) is 31.8. The minimum atomic E-state index is -0.427. The molecule has 1 N–H and O–H groups in total. The molecule has 0 fully saturated rings. The number of hydrogen-bond donors (Lipinski definition) is 1. The van der Waals surface area contributed by atoms with E-state index in [2.05, 4.69) is 15.1 Å². The first-order valence-corrected chi connectivity index (χ1v) is 9.71. The van der Waals surface area contributed by atoms with Crippen LogP contribution in [0.4, 0.5) is 0 Å². The number of benzene rings is 1. The molecule has 1 atom stereocenters. The summed E-state index contributed by atoms with van der Waals surface area (Å²) in [6.07, 6.45) is 2.08. The number of rotatable bonds is 6. The van der Waals surface area contributed by atoms with Gasteiger partial charge in [-0.25, -0.2) is 9.67 Å². The van der Waals surface area contributed by atoms with E-state index in [4.69, 9.17) is 4.74 Å². The quantitative estimate of drug-likeness (QED) is 0.398. The Morgan fingerprint density at radius 1 is 1.30 bits per heavy atom. The number of H-pyrrole nitrogens is 1. The predicted molar refractivity (Wildman–Crippen MR) is 106 cm³/mol. The molecule has 27 heavy (non-hydrogen) atoms. The van der Waals surface area contributed by atoms with E-state index in [0.29, 0.717) is 29.2 Å². The Bertz CT molecular complexity index is 1040. The van der Waals surface area contributed by atoms with E-state index in [-0.39, 0.29) is 11.5 Å². The van der Waals surface area contributed by atoms with Crippen molar-refractivity contribution in [3.8, 4) is 5.69 Å². The van der Waals surface area contributed by atoms with Crippen LogP contribution < -0.4 is 5.56 Å². The second-order valence-corrected chi connectivity index (χ2v) is 7.39. The Morgan fingerprint density at radius 3 is 2.74 bits per heavy atom. The zero-order valence-corrected chi connectivity index (χ0v) is 16.6. The minimum absolute atomic E-state index is 0.281. The summed E-state index contributed by atoms with van der Waals surface area (Å²) in [7, 11) is 0. The lowest BCUT2D eigenvalue weighted by molar-refractivity contribution is -0.142. The molecule has 0 spiro atoms. The fourth-order valence-corrected chi connectivity index (χ4v) is 3.56. The molecule has 0 amide bonds. The second-order valence-electron chi connectivity index (χ2n) is 6.20. The third kappa shape index (κ3) is 3.90. The maximum atomic E-state index is 12.5. The first kappa shape index (κ1) is 19.2. The van der Waals surface area contributed by atoms with E-state index in [9.17, 15) is 9.59 Å². The molecular formula is C19H22N4O3S. The molecule has 0 unspecified atom stereocenters. The van der Waals surface area contributed by atoms with Crippen molar-refractivity contribution in [3.63, 3.8) is 0 Å². The van der Waals surface area contributed by atoms with Gasteiger partial charge in [-0.05, 0) is 50.5 Å². The molecule has 2 aromatic heterocycles. The van der Waals surface area contributed by atoms with Crippen LogP contribution in [0.1, 0.15) is 31.4 Å². The molecule has 7 nitrogen and oxygen atoms in total. The molecule has 0 bridgehead atoms. The van der Waals surface area contributed by atoms with Crippen molar-refractivity contribution in [2.75, 3.05) is 6.61 Å². The molecule has 8 heteroatoms. The van der Waals surface area contributed by atoms with Gasteiger partial charge in [0, 0.05) is 0 Å². The number of esters is 1. The molecule has 0 aliphatic heterocycles. The lowest BCUT2D eigenvalue weighted by atomic mass is 10.1. The van der Waals surface area contributed by atoms with Gasteiger partial charge in [-0.2, -0.15) is 5.10 Å². The second kappa shape index (κ2) is 7.96. The Morgan fingerprint density at radius 2 is 2.07 bits per heavy atom. The summed E-state index contributed by atoms with van der Waals surface area (Å²) >= 11 is 1.20. The Balaban J connectivity index is 2.03. The highest BCUT2D eigenvalue weighted by Gasteiger charge is 2.21. The van der Waals surface area contributed by atoms with E-state index in [1.54, 1.807) is 11.6 Å². The van der Waals surface area contributed by atoms with E-state index in [0.717, 1.165) is 11.3 Å². The number of aromatic amines is 1. The predicted octanol–water partition coefficient (Wildman–Crippen LogP) is 3.16. The first-order chi connectivity index (χ1) is 12.9. The van der Waals surface area contributed by atoms with Crippen LogP contribution >= 0.6 is 11.8 Å². The highest BCUT2D eigenvalue weighted by Crippen LogP contribution is 2.24. The summed E-state index contributed by atoms with van der Waals surface area (Å²) in [5.74, 6) is -0.310. The van der Waals surface area contributed by atoms with Gasteiger partial charge in [-0.15, -0.1) is 0 Å². The smallest absolute Gasteiger partial charge is 0.319 e. The summed E-state index contributed by atoms with van der Waals surface area (Å²) < 4.78 is 6.74. The maximum absolute atomic E-state index is 12.5. The number of ether oxygens (including phenoxy) is 1. The van der Waals surface area contributed by atoms with Crippen LogP contribution in [0.2, 0.25) is 0 Å². The van der Waals surface area contributed by atoms with Crippen LogP contribution in [0.15, 0.2) is 34.3 Å². The third-order valence-corrected chi connectivity index (χ3v) is 5.55. The molecule has 2 heterocycles. The van der Waals surface area contributed by atoms with E-state index in [1.165, 1.54) is 23.5 Å². The molecule has 3 aromatic rings. The zero-order valence-electron chi connectivity index (χ0n) is 15.8. The average Bonchev–Trinajstić information content (AvgIpc) is 3.06. The number of aromatic nitrogens is 4. The lowest BCUT2D eigenvalue weighted by Gasteiger charge is -2.12. The number of carbonyl (C=O) groups excluding carboxylic acids is 1. The highest BCUT2D eigenvalue weighted by atomic mass is 32.2. The van der Waals surface area contributed by atoms with Crippen LogP contribution in [0.5, 0.6) is 0 Å². The molecule has 0 saturated heterocycles. The van der Waals surface area contributed by atoms with Gasteiger partial charge in [-0.1, -0.05) is 24.8 Å². The zero-order chi connectivity index (χ0) is 19.6. The molecule has 1 aromatic carbocycles. The van der Waals surface area contributed by atoms with Crippen molar-refractivity contribution in [1.82, 2.24) is 19.7 Å². The summed E-state index contributed by atoms with van der Waals surface area (Å²) in [5, 5.41) is 4.69. The molecule has 0 aliphatic carbocycles. The standard InChI is InChI=1S/C19H22N4O3S/c1-5-15(18(25)26-6-2)27-19-21-16-14(17(24)22-19)10-20-23(16)13-8-7-11(3)12(4)9-13/h7-10,15H,5-6H2,1-4H3,(H,21,22,24)/t15-/m1/s1. The van der Waals surface area contributed by atoms with Crippen molar-refractivity contribution in [2.45, 2.75) is 44.5 Å². The van der Waals surface area contributed by atoms with Crippen molar-refractivity contribution in [1.29, 1.82) is 0 Å². The monoisotopic (exact) mass is 386 g/mol. The number of nitrogens with one attached hydrogen (secondary N) is 1. The van der Waals surface area contributed by atoms with Crippen molar-refractivity contribution < 1.29 is 9.53 Å². The number of carbonyl (C=O) groups is 1. The molecule has 0 radical (unpaired) electrons. The van der Waals surface area contributed by atoms with E-state index >= 15 is 0 Å². The Kier molecular flexibility index (Phi) is 5.65. The van der Waals surface area contributed by atoms with Gasteiger partial charge in [0.1, 0.15) is 10.6 Å². The van der Waals surface area contributed by atoms with Gasteiger partial charge in [0.05, 0.1) is 18.5 Å². The van der Waals surface area contributed by atoms with Crippen LogP contribution in [-0.4, -0.2) is 37.6 Å². The number of thioether (sulfide) groups is 1. The lowest BCUT2D eigenvalue weighted by Crippen LogP contribution is -2.20. The van der Waals surface area contributed by atoms with E-state index < -0.39 is 5.25 Å². The molecule has 0 aliphatic rings. The fraction of sp³-hybridized carbons (Fsp3) is 0.368. The summed E-state index contributed by atoms with van der Waals surface area (Å²) in [6, 6.07) is 5.96. The van der Waals surface area contributed by atoms with Crippen LogP contribution in [-0.2, 0) is 9.53 Å². The third-order valence-electron chi connectivity index (χ3n) is 4.33. The SMILES string of the molecule is CCOC(=O)[C@@H](CC)Sc1nc2c(cnn2-c2ccc(C)c(C)c2)c(=O)[nH]1. The molecular weight excluding hydrogens is 364 g/mol. The van der Waals surface area contributed by atoms with Gasteiger partial charge >= 0.3 is 5.97 Å². The van der Waals surface area contributed by atoms with Crippen LogP contribution in [0, 0.1) is 13.8 Å². The van der Waals surface area contributed by atoms with Crippen LogP contribution in [0.3, 0.4) is 0 Å². The van der Waals surface area contributed by atoms with Gasteiger partial charge in [0.2, 0.25) is 0 Å². The van der Waals surface area contributed by atoms with Crippen LogP contribution in [0.25, 0.3) is 16.7 Å². The Hall–Kier alpha value is -2.61. The van der Waals surface area contributed by atoms with Crippen molar-refractivity contribution in [2.24, 2.45) is 0 Å². The van der Waals surface area contributed by atoms with Crippen molar-refractivity contribution in [3.05, 3.63) is 45.9 Å². The molecule has 0 saturated carbocycles. The van der Waals surface area contributed by atoms with E-state index in [1.807, 2.05) is 39.0 Å². The molecule has 3 rings (SSSR count). The number of hydrogen-bond acceptors (Lipinski definition) is 6. The average molecular weight is 386 g/mol. The largest absolute Gasteiger partial charge is 0.465 e. The van der Waals surface area contributed by atoms with Gasteiger partial charge in [0.25, 0.3) is 5.56 Å². The molecule has 142 valence electrons. The van der Waals surface area contributed by atoms with Gasteiger partial charge < -0.3 is 9.72 Å². The van der Waals surface area contributed by atoms with Gasteiger partial charge in [-0.3, -0.25) is 9.59 Å². The summed E-state index contributed by atoms with van der Waals surface area (Å²) in [6.45, 7) is 8.04. The van der Waals surface area contributed by atoms with Crippen molar-refractivity contribution >= 4 is 28.8 Å². The number of fused-ring (bicyclic) bond motifs is 1. The minimum Gasteiger partial charge on any atom is -0.465 e. The Labute approximate surface area is 161 Å². The fourth-order valence-electron chi connectivity index (χ4n) is 2.67. The normalized spacial score (nSPS) is 12.3.